The van der Waals surface area contributed by atoms with Crippen LogP contribution in [0.5, 0.6) is 0 Å². The summed E-state index contributed by atoms with van der Waals surface area (Å²) in [6, 6.07) is 13.0. The van der Waals surface area contributed by atoms with Crippen molar-refractivity contribution in [1.29, 1.82) is 0 Å². The highest BCUT2D eigenvalue weighted by Crippen LogP contribution is 2.13. The van der Waals surface area contributed by atoms with Gasteiger partial charge in [-0.2, -0.15) is 0 Å². The molecule has 23 heavy (non-hydrogen) atoms. The number of hydrogen-bond acceptors (Lipinski definition) is 3. The zero-order chi connectivity index (χ0) is 16.8. The first-order chi connectivity index (χ1) is 11.0. The standard InChI is InChI=1S/C18H18FNO3/c1-12-7-9-14(10-8-12)13(2)20-17(21)11-23-18(22)15-5-3-4-6-16(15)19/h3-10,13H,11H2,1-2H3,(H,20,21). The normalized spacial score (nSPS) is 11.6. The summed E-state index contributed by atoms with van der Waals surface area (Å²) >= 11 is 0. The second-order valence-electron chi connectivity index (χ2n) is 5.26. The van der Waals surface area contributed by atoms with E-state index < -0.39 is 24.3 Å². The van der Waals surface area contributed by atoms with Crippen LogP contribution in [-0.2, 0) is 9.53 Å². The molecule has 0 bridgehead atoms. The number of aryl methyl sites for hydroxylation is 1. The number of halogens is 1. The maximum Gasteiger partial charge on any atom is 0.341 e. The number of nitrogens with one attached hydrogen (secondary N) is 1. The van der Waals surface area contributed by atoms with Crippen molar-refractivity contribution in [2.75, 3.05) is 6.61 Å². The first-order valence-electron chi connectivity index (χ1n) is 7.25. The Morgan fingerprint density at radius 1 is 1.13 bits per heavy atom. The monoisotopic (exact) mass is 315 g/mol. The summed E-state index contributed by atoms with van der Waals surface area (Å²) in [6.45, 7) is 3.36. The highest BCUT2D eigenvalue weighted by Gasteiger charge is 2.15. The van der Waals surface area contributed by atoms with Crippen molar-refractivity contribution in [3.8, 4) is 0 Å². The van der Waals surface area contributed by atoms with Crippen molar-refractivity contribution >= 4 is 11.9 Å². The highest BCUT2D eigenvalue weighted by atomic mass is 19.1. The molecule has 1 atom stereocenters. The van der Waals surface area contributed by atoms with E-state index in [0.717, 1.165) is 17.2 Å². The fourth-order valence-electron chi connectivity index (χ4n) is 2.06. The number of carbonyl (C=O) groups is 2. The zero-order valence-corrected chi connectivity index (χ0v) is 13.0. The third-order valence-electron chi connectivity index (χ3n) is 3.38. The number of hydrogen-bond donors (Lipinski definition) is 1. The van der Waals surface area contributed by atoms with Crippen LogP contribution >= 0.6 is 0 Å². The Kier molecular flexibility index (Phi) is 5.46. The molecular weight excluding hydrogens is 297 g/mol. The average Bonchev–Trinajstić information content (AvgIpc) is 2.53. The number of rotatable bonds is 5. The van der Waals surface area contributed by atoms with Gasteiger partial charge in [-0.05, 0) is 31.5 Å². The SMILES string of the molecule is Cc1ccc(C(C)NC(=O)COC(=O)c2ccccc2F)cc1. The van der Waals surface area contributed by atoms with Gasteiger partial charge in [0.1, 0.15) is 5.82 Å². The van der Waals surface area contributed by atoms with E-state index >= 15 is 0 Å². The maximum absolute atomic E-state index is 13.4. The summed E-state index contributed by atoms with van der Waals surface area (Å²) < 4.78 is 18.3. The van der Waals surface area contributed by atoms with Crippen LogP contribution in [0.3, 0.4) is 0 Å². The van der Waals surface area contributed by atoms with Gasteiger partial charge in [0.05, 0.1) is 11.6 Å². The van der Waals surface area contributed by atoms with Gasteiger partial charge in [0.15, 0.2) is 6.61 Å². The van der Waals surface area contributed by atoms with Crippen LogP contribution in [0.1, 0.15) is 34.5 Å². The largest absolute Gasteiger partial charge is 0.452 e. The molecule has 0 spiro atoms. The van der Waals surface area contributed by atoms with Crippen LogP contribution in [0.4, 0.5) is 4.39 Å². The van der Waals surface area contributed by atoms with Gasteiger partial charge in [0, 0.05) is 0 Å². The lowest BCUT2D eigenvalue weighted by molar-refractivity contribution is -0.124. The third kappa shape index (κ3) is 4.64. The van der Waals surface area contributed by atoms with Crippen molar-refractivity contribution in [2.24, 2.45) is 0 Å². The predicted molar refractivity (Wildman–Crippen MR) is 84.4 cm³/mol. The molecule has 0 radical (unpaired) electrons. The second kappa shape index (κ2) is 7.54. The van der Waals surface area contributed by atoms with Crippen LogP contribution < -0.4 is 5.32 Å². The van der Waals surface area contributed by atoms with Crippen LogP contribution in [0, 0.1) is 12.7 Å². The Morgan fingerprint density at radius 2 is 1.78 bits per heavy atom. The molecule has 0 aliphatic rings. The number of ether oxygens (including phenoxy) is 1. The van der Waals surface area contributed by atoms with Crippen molar-refractivity contribution < 1.29 is 18.7 Å². The summed E-state index contributed by atoms with van der Waals surface area (Å²) in [5.74, 6) is -1.98. The molecule has 0 aromatic heterocycles. The topological polar surface area (TPSA) is 55.4 Å². The van der Waals surface area contributed by atoms with E-state index in [1.165, 1.54) is 18.2 Å². The highest BCUT2D eigenvalue weighted by molar-refractivity contribution is 5.91. The van der Waals surface area contributed by atoms with Gasteiger partial charge in [0.2, 0.25) is 0 Å². The summed E-state index contributed by atoms with van der Waals surface area (Å²) in [5.41, 5.74) is 1.89. The molecule has 1 unspecified atom stereocenters. The summed E-state index contributed by atoms with van der Waals surface area (Å²) in [4.78, 5) is 23.6. The Hall–Kier alpha value is -2.69. The molecule has 5 heteroatoms. The second-order valence-corrected chi connectivity index (χ2v) is 5.26. The van der Waals surface area contributed by atoms with Gasteiger partial charge < -0.3 is 10.1 Å². The van der Waals surface area contributed by atoms with Gasteiger partial charge in [-0.3, -0.25) is 4.79 Å². The lowest BCUT2D eigenvalue weighted by Crippen LogP contribution is -2.31. The van der Waals surface area contributed by atoms with E-state index in [9.17, 15) is 14.0 Å². The molecule has 4 nitrogen and oxygen atoms in total. The first-order valence-corrected chi connectivity index (χ1v) is 7.25. The van der Waals surface area contributed by atoms with E-state index in [4.69, 9.17) is 4.74 Å². The van der Waals surface area contributed by atoms with Crippen molar-refractivity contribution in [3.05, 3.63) is 71.0 Å². The molecule has 120 valence electrons. The molecule has 0 aliphatic heterocycles. The predicted octanol–water partition coefficient (Wildman–Crippen LogP) is 3.17. The quantitative estimate of drug-likeness (QED) is 0.862. The fourth-order valence-corrected chi connectivity index (χ4v) is 2.06. The fraction of sp³-hybridized carbons (Fsp3) is 0.222. The van der Waals surface area contributed by atoms with Crippen LogP contribution in [0.15, 0.2) is 48.5 Å². The summed E-state index contributed by atoms with van der Waals surface area (Å²) in [5, 5.41) is 2.73. The van der Waals surface area contributed by atoms with E-state index in [1.54, 1.807) is 0 Å². The minimum absolute atomic E-state index is 0.188. The molecule has 0 aliphatic carbocycles. The van der Waals surface area contributed by atoms with Crippen LogP contribution in [0.25, 0.3) is 0 Å². The summed E-state index contributed by atoms with van der Waals surface area (Å²) in [7, 11) is 0. The van der Waals surface area contributed by atoms with Gasteiger partial charge in [0.25, 0.3) is 5.91 Å². The van der Waals surface area contributed by atoms with Gasteiger partial charge in [-0.15, -0.1) is 0 Å². The van der Waals surface area contributed by atoms with Gasteiger partial charge in [-0.1, -0.05) is 42.0 Å². The molecule has 2 rings (SSSR count). The molecule has 0 heterocycles. The average molecular weight is 315 g/mol. The summed E-state index contributed by atoms with van der Waals surface area (Å²) in [6.07, 6.45) is 0. The molecule has 1 N–H and O–H groups in total. The number of amides is 1. The van der Waals surface area contributed by atoms with Gasteiger partial charge >= 0.3 is 5.97 Å². The molecule has 0 fully saturated rings. The lowest BCUT2D eigenvalue weighted by atomic mass is 10.1. The Labute approximate surface area is 134 Å². The van der Waals surface area contributed by atoms with Gasteiger partial charge in [-0.25, -0.2) is 9.18 Å². The minimum Gasteiger partial charge on any atom is -0.452 e. The molecule has 0 saturated heterocycles. The molecule has 0 saturated carbocycles. The third-order valence-corrected chi connectivity index (χ3v) is 3.38. The smallest absolute Gasteiger partial charge is 0.341 e. The van der Waals surface area contributed by atoms with E-state index in [1.807, 2.05) is 38.1 Å². The zero-order valence-electron chi connectivity index (χ0n) is 13.0. The van der Waals surface area contributed by atoms with Crippen LogP contribution in [0.2, 0.25) is 0 Å². The minimum atomic E-state index is -0.860. The molecule has 2 aromatic carbocycles. The van der Waals surface area contributed by atoms with Crippen molar-refractivity contribution in [1.82, 2.24) is 5.32 Å². The molecule has 1 amide bonds. The number of esters is 1. The van der Waals surface area contributed by atoms with Crippen LogP contribution in [-0.4, -0.2) is 18.5 Å². The Morgan fingerprint density at radius 3 is 2.43 bits per heavy atom. The van der Waals surface area contributed by atoms with Crippen molar-refractivity contribution in [3.63, 3.8) is 0 Å². The maximum atomic E-state index is 13.4. The number of carbonyl (C=O) groups excluding carboxylic acids is 2. The first kappa shape index (κ1) is 16.7. The molecular formula is C18H18FNO3. The van der Waals surface area contributed by atoms with E-state index in [-0.39, 0.29) is 11.6 Å². The lowest BCUT2D eigenvalue weighted by Gasteiger charge is -2.14. The van der Waals surface area contributed by atoms with Crippen molar-refractivity contribution in [2.45, 2.75) is 19.9 Å². The van der Waals surface area contributed by atoms with E-state index in [0.29, 0.717) is 0 Å². The molecule has 2 aromatic rings. The Bertz CT molecular complexity index is 698. The Balaban J connectivity index is 1.86. The van der Waals surface area contributed by atoms with E-state index in [2.05, 4.69) is 5.32 Å². The number of benzene rings is 2.